The van der Waals surface area contributed by atoms with Gasteiger partial charge in [-0.3, -0.25) is 9.10 Å². The van der Waals surface area contributed by atoms with E-state index >= 15 is 0 Å². The van der Waals surface area contributed by atoms with Crippen LogP contribution in [-0.4, -0.2) is 45.8 Å². The number of sulfonamides is 1. The highest BCUT2D eigenvalue weighted by Crippen LogP contribution is 2.34. The van der Waals surface area contributed by atoms with Crippen molar-refractivity contribution < 1.29 is 27.5 Å². The van der Waals surface area contributed by atoms with E-state index in [0.29, 0.717) is 17.1 Å². The van der Waals surface area contributed by atoms with Gasteiger partial charge in [0.25, 0.3) is 5.91 Å². The van der Waals surface area contributed by atoms with Crippen LogP contribution in [-0.2, 0) is 19.6 Å². The van der Waals surface area contributed by atoms with Crippen LogP contribution in [0.3, 0.4) is 0 Å². The minimum Gasteiger partial charge on any atom is -0.478 e. The van der Waals surface area contributed by atoms with Gasteiger partial charge in [0.1, 0.15) is 5.75 Å². The van der Waals surface area contributed by atoms with Crippen LogP contribution >= 0.6 is 0 Å². The molecule has 1 N–H and O–H groups in total. The highest BCUT2D eigenvalue weighted by atomic mass is 32.2. The third-order valence-electron chi connectivity index (χ3n) is 4.37. The molecule has 1 aliphatic heterocycles. The lowest BCUT2D eigenvalue weighted by Gasteiger charge is -2.20. The van der Waals surface area contributed by atoms with E-state index in [0.717, 1.165) is 6.26 Å². The van der Waals surface area contributed by atoms with E-state index in [9.17, 15) is 18.0 Å². The van der Waals surface area contributed by atoms with Gasteiger partial charge >= 0.3 is 5.97 Å². The van der Waals surface area contributed by atoms with E-state index in [-0.39, 0.29) is 25.1 Å². The quantitative estimate of drug-likeness (QED) is 0.748. The molecule has 154 valence electrons. The molecule has 8 nitrogen and oxygen atoms in total. The van der Waals surface area contributed by atoms with Gasteiger partial charge in [0, 0.05) is 13.0 Å². The van der Waals surface area contributed by atoms with Crippen molar-refractivity contribution in [2.75, 3.05) is 29.0 Å². The third kappa shape index (κ3) is 4.68. The smallest absolute Gasteiger partial charge is 0.340 e. The number of carbonyl (C=O) groups is 2. The zero-order valence-electron chi connectivity index (χ0n) is 16.1. The first-order valence-electron chi connectivity index (χ1n) is 9.11. The normalized spacial score (nSPS) is 16.2. The second-order valence-corrected chi connectivity index (χ2v) is 8.36. The fourth-order valence-electron chi connectivity index (χ4n) is 3.05. The first-order chi connectivity index (χ1) is 13.8. The molecule has 29 heavy (non-hydrogen) atoms. The summed E-state index contributed by atoms with van der Waals surface area (Å²) in [4.78, 5) is 25.0. The fraction of sp³-hybridized carbons (Fsp3) is 0.300. The van der Waals surface area contributed by atoms with Gasteiger partial charge < -0.3 is 14.8 Å². The number of anilines is 2. The Morgan fingerprint density at radius 1 is 1.17 bits per heavy atom. The van der Waals surface area contributed by atoms with Crippen LogP contribution in [0, 0.1) is 0 Å². The first-order valence-corrected chi connectivity index (χ1v) is 11.0. The molecule has 0 radical (unpaired) electrons. The average Bonchev–Trinajstić information content (AvgIpc) is 2.88. The zero-order valence-corrected chi connectivity index (χ0v) is 16.9. The number of hydrogen-bond donors (Lipinski definition) is 1. The SMILES string of the molecule is CCOC(=O)c1ccccc1NC(=O)C1CCN(S(C)(=O)=O)c2ccccc2O1. The van der Waals surface area contributed by atoms with Crippen molar-refractivity contribution >= 4 is 33.3 Å². The van der Waals surface area contributed by atoms with Crippen molar-refractivity contribution in [3.63, 3.8) is 0 Å². The lowest BCUT2D eigenvalue weighted by molar-refractivity contribution is -0.122. The van der Waals surface area contributed by atoms with Gasteiger partial charge in [0.15, 0.2) is 6.10 Å². The molecule has 2 aromatic rings. The number of para-hydroxylation sites is 3. The summed E-state index contributed by atoms with van der Waals surface area (Å²) in [5.74, 6) is -0.722. The predicted molar refractivity (Wildman–Crippen MR) is 109 cm³/mol. The van der Waals surface area contributed by atoms with Crippen LogP contribution in [0.1, 0.15) is 23.7 Å². The molecule has 0 aromatic heterocycles. The molecule has 9 heteroatoms. The van der Waals surface area contributed by atoms with Crippen molar-refractivity contribution in [2.45, 2.75) is 19.4 Å². The van der Waals surface area contributed by atoms with Crippen molar-refractivity contribution in [3.8, 4) is 5.75 Å². The predicted octanol–water partition coefficient (Wildman–Crippen LogP) is 2.42. The number of fused-ring (bicyclic) bond motifs is 1. The van der Waals surface area contributed by atoms with Crippen molar-refractivity contribution in [1.82, 2.24) is 0 Å². The van der Waals surface area contributed by atoms with Gasteiger partial charge in [-0.25, -0.2) is 13.2 Å². The van der Waals surface area contributed by atoms with Crippen LogP contribution in [0.15, 0.2) is 48.5 Å². The molecule has 0 aliphatic carbocycles. The van der Waals surface area contributed by atoms with E-state index in [1.54, 1.807) is 55.5 Å². The minimum absolute atomic E-state index is 0.0907. The highest BCUT2D eigenvalue weighted by Gasteiger charge is 2.31. The van der Waals surface area contributed by atoms with Crippen molar-refractivity contribution in [2.24, 2.45) is 0 Å². The van der Waals surface area contributed by atoms with Gasteiger partial charge in [-0.15, -0.1) is 0 Å². The Kier molecular flexibility index (Phi) is 6.07. The molecule has 2 aromatic carbocycles. The van der Waals surface area contributed by atoms with Crippen LogP contribution < -0.4 is 14.4 Å². The standard InChI is InChI=1S/C20H22N2O6S/c1-3-27-20(24)14-8-4-5-9-15(14)21-19(23)18-12-13-22(29(2,25)26)16-10-6-7-11-17(16)28-18/h4-11,18H,3,12-13H2,1-2H3,(H,21,23). The molecule has 1 heterocycles. The Morgan fingerprint density at radius 3 is 2.59 bits per heavy atom. The summed E-state index contributed by atoms with van der Waals surface area (Å²) in [5, 5.41) is 2.70. The van der Waals surface area contributed by atoms with E-state index in [2.05, 4.69) is 5.32 Å². The summed E-state index contributed by atoms with van der Waals surface area (Å²) < 4.78 is 36.4. The second-order valence-electron chi connectivity index (χ2n) is 6.45. The Balaban J connectivity index is 1.84. The molecular formula is C20H22N2O6S. The first kappa shape index (κ1) is 20.7. The van der Waals surface area contributed by atoms with Crippen molar-refractivity contribution in [1.29, 1.82) is 0 Å². The maximum Gasteiger partial charge on any atom is 0.340 e. The van der Waals surface area contributed by atoms with E-state index < -0.39 is 28.0 Å². The van der Waals surface area contributed by atoms with Gasteiger partial charge in [0.05, 0.1) is 29.8 Å². The summed E-state index contributed by atoms with van der Waals surface area (Å²) in [6.07, 6.45) is 0.327. The fourth-order valence-corrected chi connectivity index (χ4v) is 4.00. The number of nitrogens with zero attached hydrogens (tertiary/aromatic N) is 1. The number of nitrogens with one attached hydrogen (secondary N) is 1. The monoisotopic (exact) mass is 418 g/mol. The summed E-state index contributed by atoms with van der Waals surface area (Å²) in [6, 6.07) is 13.2. The molecule has 1 aliphatic rings. The lowest BCUT2D eigenvalue weighted by Crippen LogP contribution is -2.36. The molecule has 3 rings (SSSR count). The van der Waals surface area contributed by atoms with Crippen molar-refractivity contribution in [3.05, 3.63) is 54.1 Å². The number of hydrogen-bond acceptors (Lipinski definition) is 6. The molecule has 1 amide bonds. The molecule has 0 bridgehead atoms. The third-order valence-corrected chi connectivity index (χ3v) is 5.55. The van der Waals surface area contributed by atoms with E-state index in [4.69, 9.17) is 9.47 Å². The topological polar surface area (TPSA) is 102 Å². The van der Waals surface area contributed by atoms with Gasteiger partial charge in [-0.1, -0.05) is 24.3 Å². The maximum atomic E-state index is 12.9. The molecular weight excluding hydrogens is 396 g/mol. The molecule has 0 saturated carbocycles. The van der Waals surface area contributed by atoms with Crippen LogP contribution in [0.25, 0.3) is 0 Å². The molecule has 1 atom stereocenters. The number of carbonyl (C=O) groups excluding carboxylic acids is 2. The maximum absolute atomic E-state index is 12.9. The summed E-state index contributed by atoms with van der Waals surface area (Å²) >= 11 is 0. The molecule has 0 spiro atoms. The Morgan fingerprint density at radius 2 is 1.86 bits per heavy atom. The van der Waals surface area contributed by atoms with E-state index in [1.807, 2.05) is 0 Å². The number of benzene rings is 2. The molecule has 1 unspecified atom stereocenters. The Bertz CT molecular complexity index is 1020. The summed E-state index contributed by atoms with van der Waals surface area (Å²) in [7, 11) is -3.53. The summed E-state index contributed by atoms with van der Waals surface area (Å²) in [6.45, 7) is 2.00. The average molecular weight is 418 g/mol. The molecule has 0 saturated heterocycles. The number of rotatable bonds is 5. The second kappa shape index (κ2) is 8.52. The van der Waals surface area contributed by atoms with Gasteiger partial charge in [-0.2, -0.15) is 0 Å². The molecule has 0 fully saturated rings. The summed E-state index contributed by atoms with van der Waals surface area (Å²) in [5.41, 5.74) is 0.920. The highest BCUT2D eigenvalue weighted by molar-refractivity contribution is 7.92. The van der Waals surface area contributed by atoms with Crippen LogP contribution in [0.2, 0.25) is 0 Å². The number of amides is 1. The minimum atomic E-state index is -3.53. The Hall–Kier alpha value is -3.07. The van der Waals surface area contributed by atoms with Gasteiger partial charge in [0.2, 0.25) is 10.0 Å². The largest absolute Gasteiger partial charge is 0.478 e. The Labute approximate surface area is 169 Å². The van der Waals surface area contributed by atoms with E-state index in [1.165, 1.54) is 4.31 Å². The van der Waals surface area contributed by atoms with Crippen LogP contribution in [0.5, 0.6) is 5.75 Å². The zero-order chi connectivity index (χ0) is 21.0. The number of ether oxygens (including phenoxy) is 2. The van der Waals surface area contributed by atoms with Crippen LogP contribution in [0.4, 0.5) is 11.4 Å². The lowest BCUT2D eigenvalue weighted by atomic mass is 10.1. The number of esters is 1. The van der Waals surface area contributed by atoms with Gasteiger partial charge in [-0.05, 0) is 31.2 Å².